The van der Waals surface area contributed by atoms with Gasteiger partial charge in [-0.05, 0) is 42.0 Å². The van der Waals surface area contributed by atoms with Crippen molar-refractivity contribution in [2.24, 2.45) is 0 Å². The summed E-state index contributed by atoms with van der Waals surface area (Å²) >= 11 is 0.999. The second-order valence-corrected chi connectivity index (χ2v) is 7.00. The van der Waals surface area contributed by atoms with Crippen molar-refractivity contribution in [3.05, 3.63) is 89.5 Å². The first-order chi connectivity index (χ1) is 13.5. The van der Waals surface area contributed by atoms with E-state index in [1.165, 1.54) is 35.2 Å². The highest BCUT2D eigenvalue weighted by Crippen LogP contribution is 2.32. The van der Waals surface area contributed by atoms with E-state index in [9.17, 15) is 18.0 Å². The predicted molar refractivity (Wildman–Crippen MR) is 101 cm³/mol. The highest BCUT2D eigenvalue weighted by Gasteiger charge is 2.23. The fourth-order valence-corrected chi connectivity index (χ4v) is 3.71. The van der Waals surface area contributed by atoms with Gasteiger partial charge in [0.15, 0.2) is 10.9 Å². The SMILES string of the molecule is O=C(c1ccc(F)cc1)N(Cc1cccnc1)c1nc2c(F)cc(F)cc2s1. The van der Waals surface area contributed by atoms with E-state index in [1.54, 1.807) is 24.5 Å². The van der Waals surface area contributed by atoms with Crippen molar-refractivity contribution in [1.29, 1.82) is 0 Å². The van der Waals surface area contributed by atoms with Gasteiger partial charge in [0.05, 0.1) is 11.2 Å². The summed E-state index contributed by atoms with van der Waals surface area (Å²) in [4.78, 5) is 22.6. The van der Waals surface area contributed by atoms with Crippen LogP contribution in [0.3, 0.4) is 0 Å². The van der Waals surface area contributed by atoms with Gasteiger partial charge >= 0.3 is 0 Å². The van der Waals surface area contributed by atoms with Gasteiger partial charge in [0, 0.05) is 24.0 Å². The standard InChI is InChI=1S/C20H12F3N3OS/c21-14-5-3-13(4-6-14)19(27)26(11-12-2-1-7-24-10-12)20-25-18-16(23)8-15(22)9-17(18)28-20/h1-10H,11H2. The van der Waals surface area contributed by atoms with Crippen molar-refractivity contribution in [3.63, 3.8) is 0 Å². The Morgan fingerprint density at radius 1 is 1.04 bits per heavy atom. The third-order valence-electron chi connectivity index (χ3n) is 4.03. The molecule has 1 amide bonds. The minimum absolute atomic E-state index is 0.00973. The van der Waals surface area contributed by atoms with E-state index in [4.69, 9.17) is 0 Å². The summed E-state index contributed by atoms with van der Waals surface area (Å²) in [5.74, 6) is -2.42. The summed E-state index contributed by atoms with van der Waals surface area (Å²) in [5, 5.41) is 0.206. The second-order valence-electron chi connectivity index (χ2n) is 5.99. The Labute approximate surface area is 161 Å². The number of anilines is 1. The number of rotatable bonds is 4. The maximum atomic E-state index is 14.1. The zero-order valence-corrected chi connectivity index (χ0v) is 15.1. The van der Waals surface area contributed by atoms with Crippen LogP contribution < -0.4 is 4.90 Å². The molecular formula is C20H12F3N3OS. The number of fused-ring (bicyclic) bond motifs is 1. The molecule has 8 heteroatoms. The molecule has 0 N–H and O–H groups in total. The van der Waals surface area contributed by atoms with Gasteiger partial charge in [-0.1, -0.05) is 17.4 Å². The van der Waals surface area contributed by atoms with Crippen LogP contribution in [0.1, 0.15) is 15.9 Å². The van der Waals surface area contributed by atoms with Gasteiger partial charge in [-0.25, -0.2) is 18.2 Å². The number of carbonyl (C=O) groups excluding carboxylic acids is 1. The fourth-order valence-electron chi connectivity index (χ4n) is 2.71. The highest BCUT2D eigenvalue weighted by molar-refractivity contribution is 7.22. The molecule has 4 aromatic rings. The number of nitrogens with zero attached hydrogens (tertiary/aromatic N) is 3. The van der Waals surface area contributed by atoms with Crippen molar-refractivity contribution >= 4 is 32.6 Å². The van der Waals surface area contributed by atoms with Gasteiger partial charge in [-0.2, -0.15) is 0 Å². The molecule has 0 atom stereocenters. The summed E-state index contributed by atoms with van der Waals surface area (Å²) < 4.78 is 41.1. The normalized spacial score (nSPS) is 11.0. The lowest BCUT2D eigenvalue weighted by Gasteiger charge is -2.20. The average molecular weight is 399 g/mol. The Kier molecular flexibility index (Phi) is 4.79. The lowest BCUT2D eigenvalue weighted by Crippen LogP contribution is -2.30. The molecule has 0 aliphatic carbocycles. The molecule has 0 saturated carbocycles. The molecule has 4 nitrogen and oxygen atoms in total. The number of benzene rings is 2. The van der Waals surface area contributed by atoms with Gasteiger partial charge < -0.3 is 0 Å². The molecule has 2 aromatic heterocycles. The number of thiazole rings is 1. The van der Waals surface area contributed by atoms with Crippen LogP contribution in [-0.4, -0.2) is 15.9 Å². The monoisotopic (exact) mass is 399 g/mol. The molecule has 0 unspecified atom stereocenters. The molecule has 4 rings (SSSR count). The molecule has 0 bridgehead atoms. The molecule has 2 heterocycles. The van der Waals surface area contributed by atoms with Gasteiger partial charge in [0.1, 0.15) is 17.2 Å². The van der Waals surface area contributed by atoms with Gasteiger partial charge in [0.25, 0.3) is 5.91 Å². The summed E-state index contributed by atoms with van der Waals surface area (Å²) in [6.07, 6.45) is 3.20. The summed E-state index contributed by atoms with van der Waals surface area (Å²) in [5.41, 5.74) is 0.963. The molecule has 0 radical (unpaired) electrons. The molecule has 0 saturated heterocycles. The second kappa shape index (κ2) is 7.40. The van der Waals surface area contributed by atoms with Crippen LogP contribution in [0, 0.1) is 17.5 Å². The van der Waals surface area contributed by atoms with Crippen molar-refractivity contribution in [2.75, 3.05) is 4.90 Å². The Morgan fingerprint density at radius 2 is 1.82 bits per heavy atom. The smallest absolute Gasteiger partial charge is 0.260 e. The number of amides is 1. The van der Waals surface area contributed by atoms with Crippen LogP contribution in [0.2, 0.25) is 0 Å². The Balaban J connectivity index is 1.79. The molecule has 2 aromatic carbocycles. The third-order valence-corrected chi connectivity index (χ3v) is 5.06. The van der Waals surface area contributed by atoms with Crippen LogP contribution >= 0.6 is 11.3 Å². The van der Waals surface area contributed by atoms with Crippen LogP contribution in [-0.2, 0) is 6.54 Å². The summed E-state index contributed by atoms with van der Waals surface area (Å²) in [6, 6.07) is 10.5. The summed E-state index contributed by atoms with van der Waals surface area (Å²) in [7, 11) is 0. The molecule has 0 spiro atoms. The maximum absolute atomic E-state index is 14.1. The Hall–Kier alpha value is -3.26. The average Bonchev–Trinajstić information content (AvgIpc) is 3.11. The van der Waals surface area contributed by atoms with Crippen molar-refractivity contribution in [3.8, 4) is 0 Å². The van der Waals surface area contributed by atoms with Crippen LogP contribution in [0.5, 0.6) is 0 Å². The van der Waals surface area contributed by atoms with Gasteiger partial charge in [-0.15, -0.1) is 0 Å². The maximum Gasteiger partial charge on any atom is 0.260 e. The Morgan fingerprint density at radius 3 is 2.54 bits per heavy atom. The number of carbonyl (C=O) groups is 1. The van der Waals surface area contributed by atoms with Crippen molar-refractivity contribution in [1.82, 2.24) is 9.97 Å². The zero-order valence-electron chi connectivity index (χ0n) is 14.3. The van der Waals surface area contributed by atoms with E-state index in [0.29, 0.717) is 0 Å². The first kappa shape index (κ1) is 18.1. The van der Waals surface area contributed by atoms with E-state index in [1.807, 2.05) is 0 Å². The first-order valence-corrected chi connectivity index (χ1v) is 9.05. The van der Waals surface area contributed by atoms with Crippen LogP contribution in [0.25, 0.3) is 10.2 Å². The predicted octanol–water partition coefficient (Wildman–Crippen LogP) is 4.96. The van der Waals surface area contributed by atoms with E-state index in [0.717, 1.165) is 23.0 Å². The molecular weight excluding hydrogens is 387 g/mol. The quantitative estimate of drug-likeness (QED) is 0.488. The number of hydrogen-bond acceptors (Lipinski definition) is 4. The first-order valence-electron chi connectivity index (χ1n) is 8.23. The Bertz CT molecular complexity index is 1150. The van der Waals surface area contributed by atoms with Crippen molar-refractivity contribution in [2.45, 2.75) is 6.54 Å². The topological polar surface area (TPSA) is 46.1 Å². The fraction of sp³-hybridized carbons (Fsp3) is 0.0500. The molecule has 0 fully saturated rings. The minimum atomic E-state index is -0.798. The minimum Gasteiger partial charge on any atom is -0.279 e. The zero-order chi connectivity index (χ0) is 19.7. The number of hydrogen-bond donors (Lipinski definition) is 0. The summed E-state index contributed by atoms with van der Waals surface area (Å²) in [6.45, 7) is 0.119. The van der Waals surface area contributed by atoms with E-state index in [-0.39, 0.29) is 27.5 Å². The molecule has 28 heavy (non-hydrogen) atoms. The highest BCUT2D eigenvalue weighted by atomic mass is 32.1. The lowest BCUT2D eigenvalue weighted by molar-refractivity contribution is 0.0985. The molecule has 140 valence electrons. The van der Waals surface area contributed by atoms with E-state index in [2.05, 4.69) is 9.97 Å². The van der Waals surface area contributed by atoms with E-state index < -0.39 is 23.4 Å². The number of halogens is 3. The van der Waals surface area contributed by atoms with Crippen molar-refractivity contribution < 1.29 is 18.0 Å². The van der Waals surface area contributed by atoms with Gasteiger partial charge in [-0.3, -0.25) is 14.7 Å². The molecule has 0 aliphatic heterocycles. The van der Waals surface area contributed by atoms with E-state index >= 15 is 0 Å². The van der Waals surface area contributed by atoms with Crippen LogP contribution in [0.4, 0.5) is 18.3 Å². The van der Waals surface area contributed by atoms with Crippen LogP contribution in [0.15, 0.2) is 60.9 Å². The number of aromatic nitrogens is 2. The third kappa shape index (κ3) is 3.59. The van der Waals surface area contributed by atoms with Gasteiger partial charge in [0.2, 0.25) is 0 Å². The lowest BCUT2D eigenvalue weighted by atomic mass is 10.2. The largest absolute Gasteiger partial charge is 0.279 e. The number of pyridine rings is 1. The molecule has 0 aliphatic rings.